The number of benzene rings is 3. The van der Waals surface area contributed by atoms with Gasteiger partial charge in [-0.15, -0.1) is 0 Å². The molecule has 10 heteroatoms. The van der Waals surface area contributed by atoms with Crippen molar-refractivity contribution in [3.63, 3.8) is 0 Å². The summed E-state index contributed by atoms with van der Waals surface area (Å²) in [5, 5.41) is 18.3. The maximum absolute atomic E-state index is 14.0. The monoisotopic (exact) mass is 532 g/mol. The molecule has 0 aliphatic carbocycles. The quantitative estimate of drug-likeness (QED) is 0.410. The highest BCUT2D eigenvalue weighted by molar-refractivity contribution is 7.92. The summed E-state index contributed by atoms with van der Waals surface area (Å²) >= 11 is 0. The molecule has 38 heavy (non-hydrogen) atoms. The van der Waals surface area contributed by atoms with Crippen molar-refractivity contribution in [1.82, 2.24) is 4.90 Å². The molecule has 1 saturated heterocycles. The first-order valence-corrected chi connectivity index (χ1v) is 13.6. The standard InChI is InChI=1S/C28H25FN4O4S/c1-2-37-28(34)24-11-25(29)13-26(12-24)32-38(35,36)18-21-16-33(17-21)27(22-7-3-19(14-30)4-8-22)23-9-5-20(15-31)6-10-23/h3-13,21,27,32H,2,16-18H2,1H3. The van der Waals surface area contributed by atoms with Gasteiger partial charge in [-0.25, -0.2) is 17.6 Å². The molecule has 1 N–H and O–H groups in total. The molecular weight excluding hydrogens is 507 g/mol. The fourth-order valence-electron chi connectivity index (χ4n) is 4.53. The zero-order valence-electron chi connectivity index (χ0n) is 20.6. The molecule has 1 aliphatic heterocycles. The number of likely N-dealkylation sites (tertiary alicyclic amines) is 1. The predicted octanol–water partition coefficient (Wildman–Crippen LogP) is 4.21. The summed E-state index contributed by atoms with van der Waals surface area (Å²) < 4.78 is 47.0. The second kappa shape index (κ2) is 11.4. The smallest absolute Gasteiger partial charge is 0.338 e. The maximum Gasteiger partial charge on any atom is 0.338 e. The summed E-state index contributed by atoms with van der Waals surface area (Å²) in [7, 11) is -3.83. The molecule has 1 aliphatic rings. The first-order chi connectivity index (χ1) is 18.2. The van der Waals surface area contributed by atoms with Crippen LogP contribution in [0.5, 0.6) is 0 Å². The number of anilines is 1. The normalized spacial score (nSPS) is 13.8. The van der Waals surface area contributed by atoms with Crippen molar-refractivity contribution in [2.45, 2.75) is 13.0 Å². The van der Waals surface area contributed by atoms with Crippen LogP contribution in [0.4, 0.5) is 10.1 Å². The van der Waals surface area contributed by atoms with Gasteiger partial charge in [-0.2, -0.15) is 10.5 Å². The lowest BCUT2D eigenvalue weighted by Gasteiger charge is -2.44. The van der Waals surface area contributed by atoms with Crippen molar-refractivity contribution < 1.29 is 22.3 Å². The highest BCUT2D eigenvalue weighted by Gasteiger charge is 2.36. The van der Waals surface area contributed by atoms with Gasteiger partial charge < -0.3 is 4.74 Å². The van der Waals surface area contributed by atoms with E-state index in [0.29, 0.717) is 24.2 Å². The van der Waals surface area contributed by atoms with Gasteiger partial charge >= 0.3 is 5.97 Å². The van der Waals surface area contributed by atoms with Gasteiger partial charge in [0.25, 0.3) is 0 Å². The summed E-state index contributed by atoms with van der Waals surface area (Å²) in [4.78, 5) is 14.1. The lowest BCUT2D eigenvalue weighted by atomic mass is 9.90. The number of hydrogen-bond acceptors (Lipinski definition) is 7. The summed E-state index contributed by atoms with van der Waals surface area (Å²) in [5.41, 5.74) is 2.84. The van der Waals surface area contributed by atoms with Gasteiger partial charge in [0.1, 0.15) is 5.82 Å². The Bertz CT molecular complexity index is 1450. The fraction of sp³-hybridized carbons (Fsp3) is 0.250. The highest BCUT2D eigenvalue weighted by Crippen LogP contribution is 2.35. The van der Waals surface area contributed by atoms with Crippen LogP contribution in [0.3, 0.4) is 0 Å². The van der Waals surface area contributed by atoms with Crippen LogP contribution < -0.4 is 4.72 Å². The SMILES string of the molecule is CCOC(=O)c1cc(F)cc(NS(=O)(=O)CC2CN(C(c3ccc(C#N)cc3)c3ccc(C#N)cc3)C2)c1. The van der Waals surface area contributed by atoms with E-state index in [-0.39, 0.29) is 35.6 Å². The third-order valence-electron chi connectivity index (χ3n) is 6.20. The number of carbonyl (C=O) groups is 1. The number of rotatable bonds is 9. The minimum absolute atomic E-state index is 0.0442. The second-order valence-electron chi connectivity index (χ2n) is 9.02. The molecule has 0 spiro atoms. The Morgan fingerprint density at radius 3 is 2.08 bits per heavy atom. The fourth-order valence-corrected chi connectivity index (χ4v) is 5.92. The Morgan fingerprint density at radius 2 is 1.58 bits per heavy atom. The summed E-state index contributed by atoms with van der Waals surface area (Å²) in [6.45, 7) is 2.71. The molecule has 1 fully saturated rings. The van der Waals surface area contributed by atoms with Crippen LogP contribution in [0.2, 0.25) is 0 Å². The lowest BCUT2D eigenvalue weighted by Crippen LogP contribution is -2.51. The number of esters is 1. The van der Waals surface area contributed by atoms with Gasteiger partial charge in [0, 0.05) is 19.0 Å². The molecule has 0 aromatic heterocycles. The zero-order valence-corrected chi connectivity index (χ0v) is 21.4. The van der Waals surface area contributed by atoms with Crippen molar-refractivity contribution in [3.8, 4) is 12.1 Å². The van der Waals surface area contributed by atoms with Crippen molar-refractivity contribution in [2.75, 3.05) is 30.2 Å². The Kier molecular flexibility index (Phi) is 8.06. The van der Waals surface area contributed by atoms with E-state index in [1.807, 2.05) is 24.3 Å². The highest BCUT2D eigenvalue weighted by atomic mass is 32.2. The third kappa shape index (κ3) is 6.35. The van der Waals surface area contributed by atoms with Crippen LogP contribution in [-0.2, 0) is 14.8 Å². The molecule has 0 amide bonds. The molecule has 0 radical (unpaired) electrons. The number of nitriles is 2. The molecule has 0 unspecified atom stereocenters. The van der Waals surface area contributed by atoms with E-state index in [2.05, 4.69) is 21.8 Å². The second-order valence-corrected chi connectivity index (χ2v) is 10.8. The van der Waals surface area contributed by atoms with Crippen molar-refractivity contribution in [3.05, 3.63) is 100 Å². The van der Waals surface area contributed by atoms with Crippen LogP contribution in [0.25, 0.3) is 0 Å². The van der Waals surface area contributed by atoms with Gasteiger partial charge in [0.2, 0.25) is 10.0 Å². The molecule has 194 valence electrons. The molecule has 3 aromatic carbocycles. The summed E-state index contributed by atoms with van der Waals surface area (Å²) in [6, 6.07) is 21.7. The lowest BCUT2D eigenvalue weighted by molar-refractivity contribution is 0.0526. The van der Waals surface area contributed by atoms with Gasteiger partial charge in [-0.1, -0.05) is 24.3 Å². The average Bonchev–Trinajstić information content (AvgIpc) is 2.87. The summed E-state index contributed by atoms with van der Waals surface area (Å²) in [5.74, 6) is -1.85. The largest absolute Gasteiger partial charge is 0.462 e. The van der Waals surface area contributed by atoms with E-state index in [0.717, 1.165) is 23.3 Å². The van der Waals surface area contributed by atoms with Crippen LogP contribution in [0, 0.1) is 34.4 Å². The van der Waals surface area contributed by atoms with E-state index >= 15 is 0 Å². The van der Waals surface area contributed by atoms with Crippen LogP contribution in [-0.4, -0.2) is 44.7 Å². The molecule has 8 nitrogen and oxygen atoms in total. The molecule has 4 rings (SSSR count). The van der Waals surface area contributed by atoms with E-state index in [1.165, 1.54) is 6.07 Å². The topological polar surface area (TPSA) is 123 Å². The Hall–Kier alpha value is -4.25. The number of hydrogen-bond donors (Lipinski definition) is 1. The number of sulfonamides is 1. The first kappa shape index (κ1) is 26.8. The molecular formula is C28H25FN4O4S. The molecule has 0 saturated carbocycles. The van der Waals surface area contributed by atoms with E-state index < -0.39 is 21.8 Å². The van der Waals surface area contributed by atoms with E-state index in [9.17, 15) is 17.6 Å². The van der Waals surface area contributed by atoms with Crippen molar-refractivity contribution >= 4 is 21.7 Å². The van der Waals surface area contributed by atoms with Crippen LogP contribution >= 0.6 is 0 Å². The minimum Gasteiger partial charge on any atom is -0.462 e. The van der Waals surface area contributed by atoms with Gasteiger partial charge in [-0.05, 0) is 60.5 Å². The third-order valence-corrected chi connectivity index (χ3v) is 7.66. The van der Waals surface area contributed by atoms with Crippen LogP contribution in [0.1, 0.15) is 45.6 Å². The first-order valence-electron chi connectivity index (χ1n) is 11.9. The molecule has 0 bridgehead atoms. The van der Waals surface area contributed by atoms with Crippen molar-refractivity contribution in [1.29, 1.82) is 10.5 Å². The van der Waals surface area contributed by atoms with Gasteiger partial charge in [0.05, 0.1) is 52.9 Å². The Labute approximate surface area is 220 Å². The number of nitrogens with one attached hydrogen (secondary N) is 1. The Balaban J connectivity index is 1.47. The number of halogens is 1. The molecule has 1 heterocycles. The Morgan fingerprint density at radius 1 is 1.03 bits per heavy atom. The maximum atomic E-state index is 14.0. The van der Waals surface area contributed by atoms with Gasteiger partial charge in [0.15, 0.2) is 0 Å². The van der Waals surface area contributed by atoms with Crippen molar-refractivity contribution in [2.24, 2.45) is 5.92 Å². The number of nitrogens with zero attached hydrogens (tertiary/aromatic N) is 3. The van der Waals surface area contributed by atoms with Crippen LogP contribution in [0.15, 0.2) is 66.7 Å². The molecule has 0 atom stereocenters. The minimum atomic E-state index is -3.83. The average molecular weight is 533 g/mol. The van der Waals surface area contributed by atoms with E-state index in [4.69, 9.17) is 15.3 Å². The summed E-state index contributed by atoms with van der Waals surface area (Å²) in [6.07, 6.45) is 0. The van der Waals surface area contributed by atoms with E-state index in [1.54, 1.807) is 31.2 Å². The van der Waals surface area contributed by atoms with Gasteiger partial charge in [-0.3, -0.25) is 9.62 Å². The number of ether oxygens (including phenoxy) is 1. The predicted molar refractivity (Wildman–Crippen MR) is 139 cm³/mol. The molecule has 3 aromatic rings. The number of carbonyl (C=O) groups excluding carboxylic acids is 1. The zero-order chi connectivity index (χ0) is 27.3.